The van der Waals surface area contributed by atoms with Gasteiger partial charge in [-0.05, 0) is 5.92 Å². The molecule has 5 heteroatoms. The fourth-order valence-corrected chi connectivity index (χ4v) is 1.46. The Morgan fingerprint density at radius 2 is 2.38 bits per heavy atom. The lowest BCUT2D eigenvalue weighted by Gasteiger charge is -2.37. The molecule has 70 valence electrons. The van der Waals surface area contributed by atoms with Gasteiger partial charge in [-0.15, -0.1) is 5.10 Å². The largest absolute Gasteiger partial charge is 0.340 e. The minimum absolute atomic E-state index is 0.128. The van der Waals surface area contributed by atoms with Crippen molar-refractivity contribution in [2.24, 2.45) is 5.92 Å². The first-order valence-electron chi connectivity index (χ1n) is 4.37. The minimum atomic E-state index is 0.128. The van der Waals surface area contributed by atoms with Crippen LogP contribution < -0.4 is 0 Å². The molecule has 1 amide bonds. The summed E-state index contributed by atoms with van der Waals surface area (Å²) in [4.78, 5) is 13.3. The normalized spacial score (nSPS) is 17.2. The Morgan fingerprint density at radius 1 is 1.62 bits per heavy atom. The van der Waals surface area contributed by atoms with E-state index < -0.39 is 0 Å². The van der Waals surface area contributed by atoms with Crippen LogP contribution >= 0.6 is 0 Å². The van der Waals surface area contributed by atoms with Gasteiger partial charge in [0.2, 0.25) is 5.91 Å². The zero-order chi connectivity index (χ0) is 9.26. The Morgan fingerprint density at radius 3 is 2.92 bits per heavy atom. The molecule has 1 aromatic rings. The third kappa shape index (κ3) is 1.68. The molecule has 0 N–H and O–H groups in total. The molecule has 0 radical (unpaired) electrons. The van der Waals surface area contributed by atoms with Crippen LogP contribution in [0.5, 0.6) is 0 Å². The fraction of sp³-hybridized carbons (Fsp3) is 0.625. The summed E-state index contributed by atoms with van der Waals surface area (Å²) in [7, 11) is 0. The van der Waals surface area contributed by atoms with Crippen LogP contribution in [-0.4, -0.2) is 38.9 Å². The lowest BCUT2D eigenvalue weighted by molar-refractivity contribution is -0.137. The van der Waals surface area contributed by atoms with Crippen molar-refractivity contribution in [3.63, 3.8) is 0 Å². The predicted molar refractivity (Wildman–Crippen MR) is 45.8 cm³/mol. The van der Waals surface area contributed by atoms with Gasteiger partial charge in [0, 0.05) is 19.3 Å². The molecular weight excluding hydrogens is 168 g/mol. The molecule has 13 heavy (non-hydrogen) atoms. The highest BCUT2D eigenvalue weighted by Gasteiger charge is 2.26. The van der Waals surface area contributed by atoms with Crippen LogP contribution in [0.2, 0.25) is 0 Å². The number of rotatable bonds is 2. The fourth-order valence-electron chi connectivity index (χ4n) is 1.46. The third-order valence-electron chi connectivity index (χ3n) is 2.19. The van der Waals surface area contributed by atoms with Gasteiger partial charge in [-0.3, -0.25) is 4.79 Å². The Kier molecular flexibility index (Phi) is 2.00. The third-order valence-corrected chi connectivity index (χ3v) is 2.19. The topological polar surface area (TPSA) is 51.0 Å². The number of hydrogen-bond acceptors (Lipinski definition) is 3. The smallest absolute Gasteiger partial charge is 0.244 e. The average molecular weight is 180 g/mol. The molecule has 1 aliphatic heterocycles. The van der Waals surface area contributed by atoms with E-state index in [2.05, 4.69) is 17.2 Å². The lowest BCUT2D eigenvalue weighted by Crippen LogP contribution is -2.49. The van der Waals surface area contributed by atoms with Crippen LogP contribution in [0.25, 0.3) is 0 Å². The molecule has 5 nitrogen and oxygen atoms in total. The summed E-state index contributed by atoms with van der Waals surface area (Å²) in [5.74, 6) is 0.781. The van der Waals surface area contributed by atoms with Crippen molar-refractivity contribution < 1.29 is 4.79 Å². The molecule has 0 spiro atoms. The minimum Gasteiger partial charge on any atom is -0.340 e. The van der Waals surface area contributed by atoms with Crippen LogP contribution in [0.1, 0.15) is 6.92 Å². The van der Waals surface area contributed by atoms with Gasteiger partial charge >= 0.3 is 0 Å². The number of hydrogen-bond donors (Lipinski definition) is 0. The second kappa shape index (κ2) is 3.16. The number of amides is 1. The van der Waals surface area contributed by atoms with Gasteiger partial charge in [0.25, 0.3) is 0 Å². The quantitative estimate of drug-likeness (QED) is 0.631. The molecule has 0 aliphatic carbocycles. The van der Waals surface area contributed by atoms with Gasteiger partial charge in [-0.25, -0.2) is 4.68 Å². The van der Waals surface area contributed by atoms with Crippen molar-refractivity contribution in [1.82, 2.24) is 19.9 Å². The first kappa shape index (κ1) is 8.22. The summed E-state index contributed by atoms with van der Waals surface area (Å²) in [6.45, 7) is 4.22. The lowest BCUT2D eigenvalue weighted by atomic mass is 10.0. The van der Waals surface area contributed by atoms with Crippen LogP contribution in [-0.2, 0) is 11.3 Å². The van der Waals surface area contributed by atoms with Crippen molar-refractivity contribution >= 4 is 5.91 Å². The zero-order valence-electron chi connectivity index (χ0n) is 7.55. The Hall–Kier alpha value is -1.39. The molecule has 2 heterocycles. The van der Waals surface area contributed by atoms with Gasteiger partial charge in [0.15, 0.2) is 0 Å². The summed E-state index contributed by atoms with van der Waals surface area (Å²) in [6, 6.07) is 0. The first-order valence-corrected chi connectivity index (χ1v) is 4.37. The molecule has 0 atom stereocenters. The van der Waals surface area contributed by atoms with E-state index >= 15 is 0 Å². The zero-order valence-corrected chi connectivity index (χ0v) is 7.55. The Labute approximate surface area is 76.3 Å². The van der Waals surface area contributed by atoms with Crippen molar-refractivity contribution in [3.05, 3.63) is 12.4 Å². The van der Waals surface area contributed by atoms with E-state index in [0.29, 0.717) is 12.5 Å². The van der Waals surface area contributed by atoms with Crippen molar-refractivity contribution in [3.8, 4) is 0 Å². The van der Waals surface area contributed by atoms with Gasteiger partial charge in [-0.1, -0.05) is 12.1 Å². The summed E-state index contributed by atoms with van der Waals surface area (Å²) in [5.41, 5.74) is 0. The summed E-state index contributed by atoms with van der Waals surface area (Å²) < 4.78 is 1.55. The van der Waals surface area contributed by atoms with Crippen molar-refractivity contribution in [2.75, 3.05) is 13.1 Å². The molecule has 1 aliphatic rings. The van der Waals surface area contributed by atoms with E-state index in [4.69, 9.17) is 0 Å². The summed E-state index contributed by atoms with van der Waals surface area (Å²) >= 11 is 0. The van der Waals surface area contributed by atoms with Crippen LogP contribution in [0.3, 0.4) is 0 Å². The number of likely N-dealkylation sites (tertiary alicyclic amines) is 1. The van der Waals surface area contributed by atoms with Crippen LogP contribution in [0.15, 0.2) is 12.4 Å². The molecule has 1 saturated heterocycles. The molecule has 1 aromatic heterocycles. The van der Waals surface area contributed by atoms with Crippen molar-refractivity contribution in [1.29, 1.82) is 0 Å². The second-order valence-corrected chi connectivity index (χ2v) is 3.50. The first-order chi connectivity index (χ1) is 6.25. The predicted octanol–water partition coefficient (Wildman–Crippen LogP) is -0.244. The average Bonchev–Trinajstić information content (AvgIpc) is 2.51. The number of nitrogens with zero attached hydrogens (tertiary/aromatic N) is 4. The summed E-state index contributed by atoms with van der Waals surface area (Å²) in [5, 5.41) is 7.37. The summed E-state index contributed by atoms with van der Waals surface area (Å²) in [6.07, 6.45) is 3.27. The number of aromatic nitrogens is 3. The van der Waals surface area contributed by atoms with E-state index in [1.165, 1.54) is 0 Å². The highest BCUT2D eigenvalue weighted by atomic mass is 16.2. The highest BCUT2D eigenvalue weighted by molar-refractivity contribution is 5.76. The van der Waals surface area contributed by atoms with Gasteiger partial charge in [-0.2, -0.15) is 0 Å². The Balaban J connectivity index is 1.86. The van der Waals surface area contributed by atoms with E-state index in [1.54, 1.807) is 17.1 Å². The maximum atomic E-state index is 11.5. The van der Waals surface area contributed by atoms with E-state index in [9.17, 15) is 4.79 Å². The molecular formula is C8H12N4O. The molecule has 2 rings (SSSR count). The molecule has 1 fully saturated rings. The molecule has 0 saturated carbocycles. The maximum Gasteiger partial charge on any atom is 0.244 e. The second-order valence-electron chi connectivity index (χ2n) is 3.50. The van der Waals surface area contributed by atoms with Crippen LogP contribution in [0.4, 0.5) is 0 Å². The van der Waals surface area contributed by atoms with E-state index in [-0.39, 0.29) is 5.91 Å². The molecule has 0 bridgehead atoms. The SMILES string of the molecule is CC1CN(C(=O)Cn2ccnn2)C1. The number of carbonyl (C=O) groups excluding carboxylic acids is 1. The molecule has 0 unspecified atom stereocenters. The maximum absolute atomic E-state index is 11.5. The molecule has 0 aromatic carbocycles. The van der Waals surface area contributed by atoms with Gasteiger partial charge in [0.1, 0.15) is 6.54 Å². The van der Waals surface area contributed by atoms with Gasteiger partial charge < -0.3 is 4.90 Å². The van der Waals surface area contributed by atoms with Gasteiger partial charge in [0.05, 0.1) is 6.20 Å². The highest BCUT2D eigenvalue weighted by Crippen LogP contribution is 2.14. The number of carbonyl (C=O) groups is 1. The Bertz CT molecular complexity index is 289. The standard InChI is InChI=1S/C8H12N4O/c1-7-4-11(5-7)8(13)6-12-3-2-9-10-12/h2-3,7H,4-6H2,1H3. The van der Waals surface area contributed by atoms with Crippen LogP contribution in [0, 0.1) is 5.92 Å². The van der Waals surface area contributed by atoms with E-state index in [1.807, 2.05) is 4.90 Å². The van der Waals surface area contributed by atoms with E-state index in [0.717, 1.165) is 13.1 Å². The van der Waals surface area contributed by atoms with Crippen molar-refractivity contribution in [2.45, 2.75) is 13.5 Å². The monoisotopic (exact) mass is 180 g/mol.